The molecule has 0 fully saturated rings. The van der Waals surface area contributed by atoms with Crippen molar-refractivity contribution in [2.45, 2.75) is 6.61 Å². The van der Waals surface area contributed by atoms with E-state index in [1.165, 1.54) is 6.21 Å². The van der Waals surface area contributed by atoms with Gasteiger partial charge in [0.2, 0.25) is 0 Å². The molecule has 1 heterocycles. The summed E-state index contributed by atoms with van der Waals surface area (Å²) in [6, 6.07) is 20.5. The summed E-state index contributed by atoms with van der Waals surface area (Å²) in [6.07, 6.45) is 1.53. The van der Waals surface area contributed by atoms with Crippen molar-refractivity contribution in [2.75, 3.05) is 7.11 Å². The molecule has 0 aliphatic heterocycles. The van der Waals surface area contributed by atoms with Gasteiger partial charge in [-0.25, -0.2) is 5.43 Å². The molecule has 0 bridgehead atoms. The van der Waals surface area contributed by atoms with Gasteiger partial charge in [-0.1, -0.05) is 36.4 Å². The highest BCUT2D eigenvalue weighted by Crippen LogP contribution is 2.30. The number of methoxy groups -OCH3 is 1. The smallest absolute Gasteiger partial charge is 0.271 e. The normalized spacial score (nSPS) is 11.0. The number of para-hydroxylation sites is 1. The van der Waals surface area contributed by atoms with Gasteiger partial charge in [0.05, 0.1) is 24.4 Å². The summed E-state index contributed by atoms with van der Waals surface area (Å²) in [4.78, 5) is 18.5. The summed E-state index contributed by atoms with van der Waals surface area (Å²) in [5.41, 5.74) is 6.30. The third-order valence-corrected chi connectivity index (χ3v) is 4.81. The van der Waals surface area contributed by atoms with Crippen LogP contribution < -0.4 is 14.9 Å². The Morgan fingerprint density at radius 2 is 1.87 bits per heavy atom. The fourth-order valence-corrected chi connectivity index (χ4v) is 3.30. The molecule has 0 unspecified atom stereocenters. The Hall–Kier alpha value is -3.91. The lowest BCUT2D eigenvalue weighted by atomic mass is 10.2. The molecule has 3 aromatic carbocycles. The number of hydrazone groups is 1. The molecule has 8 heteroatoms. The molecule has 0 aliphatic rings. The van der Waals surface area contributed by atoms with Crippen molar-refractivity contribution in [3.05, 3.63) is 88.2 Å². The van der Waals surface area contributed by atoms with E-state index in [9.17, 15) is 4.79 Å². The third kappa shape index (κ3) is 4.81. The van der Waals surface area contributed by atoms with Crippen LogP contribution in [0.3, 0.4) is 0 Å². The quantitative estimate of drug-likeness (QED) is 0.227. The van der Waals surface area contributed by atoms with E-state index in [0.717, 1.165) is 16.6 Å². The molecule has 0 radical (unpaired) electrons. The van der Waals surface area contributed by atoms with Gasteiger partial charge in [-0.3, -0.25) is 4.79 Å². The van der Waals surface area contributed by atoms with Crippen molar-refractivity contribution in [3.63, 3.8) is 0 Å². The number of H-pyrrole nitrogens is 2. The summed E-state index contributed by atoms with van der Waals surface area (Å²) in [7, 11) is 1.58. The predicted octanol–water partition coefficient (Wildman–Crippen LogP) is 4.58. The lowest BCUT2D eigenvalue weighted by Crippen LogP contribution is -2.17. The minimum absolute atomic E-state index is 0.340. The van der Waals surface area contributed by atoms with E-state index >= 15 is 0 Å². The highest BCUT2D eigenvalue weighted by atomic mass is 32.1. The van der Waals surface area contributed by atoms with Gasteiger partial charge in [0, 0.05) is 11.1 Å². The Labute approximate surface area is 183 Å². The zero-order chi connectivity index (χ0) is 21.6. The van der Waals surface area contributed by atoms with Crippen LogP contribution in [-0.2, 0) is 6.61 Å². The summed E-state index contributed by atoms with van der Waals surface area (Å²) in [5, 5.41) is 4.10. The number of carbonyl (C=O) groups excluding carboxylic acids is 1. The molecule has 0 aliphatic carbocycles. The van der Waals surface area contributed by atoms with E-state index in [1.807, 2.05) is 48.5 Å². The fraction of sp³-hybridized carbons (Fsp3) is 0.0870. The Balaban J connectivity index is 1.49. The molecule has 0 saturated heterocycles. The molecule has 0 spiro atoms. The van der Waals surface area contributed by atoms with Crippen LogP contribution in [0.25, 0.3) is 11.0 Å². The summed E-state index contributed by atoms with van der Waals surface area (Å²) < 4.78 is 11.9. The molecular weight excluding hydrogens is 412 g/mol. The number of fused-ring (bicyclic) bond motifs is 1. The van der Waals surface area contributed by atoms with Crippen molar-refractivity contribution in [1.82, 2.24) is 15.4 Å². The first-order chi connectivity index (χ1) is 15.1. The SMILES string of the molecule is COc1cccc(/C=N\NC(=O)c2ccc3[nH]c(=S)[nH]c3c2)c1OCc1ccccc1. The second-order valence-corrected chi connectivity index (χ2v) is 7.10. The lowest BCUT2D eigenvalue weighted by Gasteiger charge is -2.13. The molecule has 1 amide bonds. The van der Waals surface area contributed by atoms with Crippen LogP contribution >= 0.6 is 12.2 Å². The Morgan fingerprint density at radius 1 is 1.06 bits per heavy atom. The minimum Gasteiger partial charge on any atom is -0.493 e. The first kappa shape index (κ1) is 20.4. The van der Waals surface area contributed by atoms with Gasteiger partial charge >= 0.3 is 0 Å². The van der Waals surface area contributed by atoms with Crippen molar-refractivity contribution in [3.8, 4) is 11.5 Å². The summed E-state index contributed by atoms with van der Waals surface area (Å²) >= 11 is 5.07. The maximum Gasteiger partial charge on any atom is 0.271 e. The molecule has 0 atom stereocenters. The Bertz CT molecular complexity index is 1300. The van der Waals surface area contributed by atoms with Crippen LogP contribution in [0.4, 0.5) is 0 Å². The van der Waals surface area contributed by atoms with Gasteiger partial charge in [0.15, 0.2) is 16.3 Å². The average molecular weight is 433 g/mol. The monoisotopic (exact) mass is 432 g/mol. The number of rotatable bonds is 7. The first-order valence-electron chi connectivity index (χ1n) is 9.53. The first-order valence-corrected chi connectivity index (χ1v) is 9.94. The Kier molecular flexibility index (Phi) is 6.09. The second-order valence-electron chi connectivity index (χ2n) is 6.69. The maximum absolute atomic E-state index is 12.5. The van der Waals surface area contributed by atoms with E-state index in [2.05, 4.69) is 20.5 Å². The number of nitrogens with one attached hydrogen (secondary N) is 3. The van der Waals surface area contributed by atoms with Crippen molar-refractivity contribution in [1.29, 1.82) is 0 Å². The van der Waals surface area contributed by atoms with Crippen LogP contribution in [0.2, 0.25) is 0 Å². The lowest BCUT2D eigenvalue weighted by molar-refractivity contribution is 0.0955. The van der Waals surface area contributed by atoms with Gasteiger partial charge in [-0.05, 0) is 48.1 Å². The predicted molar refractivity (Wildman–Crippen MR) is 122 cm³/mol. The number of carbonyl (C=O) groups is 1. The van der Waals surface area contributed by atoms with Crippen LogP contribution in [0.1, 0.15) is 21.5 Å². The van der Waals surface area contributed by atoms with Crippen LogP contribution in [0.5, 0.6) is 11.5 Å². The van der Waals surface area contributed by atoms with Crippen molar-refractivity contribution >= 4 is 35.4 Å². The zero-order valence-corrected chi connectivity index (χ0v) is 17.5. The number of hydrogen-bond acceptors (Lipinski definition) is 5. The number of imidazole rings is 1. The molecule has 7 nitrogen and oxygen atoms in total. The molecule has 4 rings (SSSR count). The average Bonchev–Trinajstić information content (AvgIpc) is 3.17. The third-order valence-electron chi connectivity index (χ3n) is 4.60. The molecule has 3 N–H and O–H groups in total. The second kappa shape index (κ2) is 9.27. The highest BCUT2D eigenvalue weighted by Gasteiger charge is 2.11. The Morgan fingerprint density at radius 3 is 2.68 bits per heavy atom. The minimum atomic E-state index is -0.340. The zero-order valence-electron chi connectivity index (χ0n) is 16.7. The summed E-state index contributed by atoms with van der Waals surface area (Å²) in [6.45, 7) is 0.381. The number of ether oxygens (including phenoxy) is 2. The number of benzene rings is 3. The van der Waals surface area contributed by atoms with E-state index in [0.29, 0.717) is 34.0 Å². The maximum atomic E-state index is 12.5. The van der Waals surface area contributed by atoms with Gasteiger partial charge in [0.1, 0.15) is 6.61 Å². The van der Waals surface area contributed by atoms with Gasteiger partial charge in [0.25, 0.3) is 5.91 Å². The van der Waals surface area contributed by atoms with Crippen molar-refractivity contribution in [2.24, 2.45) is 5.10 Å². The molecule has 156 valence electrons. The highest BCUT2D eigenvalue weighted by molar-refractivity contribution is 7.71. The molecule has 31 heavy (non-hydrogen) atoms. The number of nitrogens with zero attached hydrogens (tertiary/aromatic N) is 1. The van der Waals surface area contributed by atoms with Crippen LogP contribution in [0.15, 0.2) is 71.8 Å². The van der Waals surface area contributed by atoms with E-state index in [1.54, 1.807) is 25.3 Å². The molecule has 0 saturated carbocycles. The van der Waals surface area contributed by atoms with Gasteiger partial charge in [-0.2, -0.15) is 5.10 Å². The van der Waals surface area contributed by atoms with E-state index < -0.39 is 0 Å². The standard InChI is InChI=1S/C23H20N4O3S/c1-29-20-9-5-8-17(21(20)30-14-15-6-3-2-4-7-15)13-24-27-22(28)16-10-11-18-19(12-16)26-23(31)25-18/h2-13H,14H2,1H3,(H,27,28)(H2,25,26,31)/b24-13-. The molecule has 1 aromatic heterocycles. The number of aromatic nitrogens is 2. The summed E-state index contributed by atoms with van der Waals surface area (Å²) in [5.74, 6) is 0.792. The fourth-order valence-electron chi connectivity index (χ4n) is 3.08. The van der Waals surface area contributed by atoms with Gasteiger partial charge < -0.3 is 19.4 Å². The number of hydrogen-bond donors (Lipinski definition) is 3. The topological polar surface area (TPSA) is 91.5 Å². The molecular formula is C23H20N4O3S. The van der Waals surface area contributed by atoms with Gasteiger partial charge in [-0.15, -0.1) is 0 Å². The van der Waals surface area contributed by atoms with E-state index in [4.69, 9.17) is 21.7 Å². The molecule has 4 aromatic rings. The van der Waals surface area contributed by atoms with Crippen LogP contribution in [0, 0.1) is 4.77 Å². The largest absolute Gasteiger partial charge is 0.493 e. The van der Waals surface area contributed by atoms with Crippen LogP contribution in [-0.4, -0.2) is 29.2 Å². The van der Waals surface area contributed by atoms with E-state index in [-0.39, 0.29) is 5.91 Å². The van der Waals surface area contributed by atoms with Crippen molar-refractivity contribution < 1.29 is 14.3 Å². The number of aromatic amines is 2. The number of amides is 1.